The third-order valence-corrected chi connectivity index (χ3v) is 2.32. The number of anilines is 2. The van der Waals surface area contributed by atoms with Crippen LogP contribution in [0, 0.1) is 0 Å². The standard InChI is InChI=1S/C12H22N4O/c1-4-10-15-11(13-3)9-12(16-10)14-7-6-8-17-5-2/h9H,4-8H2,1-3H3,(H2,13,14,15,16). The second-order valence-corrected chi connectivity index (χ2v) is 3.64. The van der Waals surface area contributed by atoms with Gasteiger partial charge in [-0.25, -0.2) is 9.97 Å². The Morgan fingerprint density at radius 3 is 2.65 bits per heavy atom. The topological polar surface area (TPSA) is 59.1 Å². The maximum absolute atomic E-state index is 5.28. The molecule has 17 heavy (non-hydrogen) atoms. The fraction of sp³-hybridized carbons (Fsp3) is 0.667. The first-order valence-electron chi connectivity index (χ1n) is 6.17. The van der Waals surface area contributed by atoms with Gasteiger partial charge >= 0.3 is 0 Å². The molecular formula is C12H22N4O. The fourth-order valence-corrected chi connectivity index (χ4v) is 1.41. The van der Waals surface area contributed by atoms with E-state index in [9.17, 15) is 0 Å². The van der Waals surface area contributed by atoms with E-state index in [0.29, 0.717) is 0 Å². The molecule has 1 rings (SSSR count). The molecule has 2 N–H and O–H groups in total. The molecule has 0 saturated carbocycles. The van der Waals surface area contributed by atoms with Crippen LogP contribution in [-0.4, -0.2) is 36.8 Å². The van der Waals surface area contributed by atoms with Gasteiger partial charge < -0.3 is 15.4 Å². The number of ether oxygens (including phenoxy) is 1. The summed E-state index contributed by atoms with van der Waals surface area (Å²) in [5, 5.41) is 6.32. The summed E-state index contributed by atoms with van der Waals surface area (Å²) in [5.74, 6) is 2.58. The van der Waals surface area contributed by atoms with Crippen molar-refractivity contribution in [3.05, 3.63) is 11.9 Å². The minimum atomic E-state index is 0.775. The van der Waals surface area contributed by atoms with Crippen LogP contribution in [0.4, 0.5) is 11.6 Å². The van der Waals surface area contributed by atoms with Crippen LogP contribution in [0.1, 0.15) is 26.1 Å². The Labute approximate surface area is 103 Å². The van der Waals surface area contributed by atoms with Gasteiger partial charge in [0.15, 0.2) is 0 Å². The molecule has 0 aromatic carbocycles. The molecule has 0 saturated heterocycles. The fourth-order valence-electron chi connectivity index (χ4n) is 1.41. The molecule has 0 aliphatic carbocycles. The summed E-state index contributed by atoms with van der Waals surface area (Å²) >= 11 is 0. The molecule has 96 valence electrons. The van der Waals surface area contributed by atoms with Crippen LogP contribution < -0.4 is 10.6 Å². The van der Waals surface area contributed by atoms with Crippen LogP contribution in [0.2, 0.25) is 0 Å². The molecule has 0 aliphatic rings. The molecule has 0 unspecified atom stereocenters. The van der Waals surface area contributed by atoms with Crippen LogP contribution in [0.3, 0.4) is 0 Å². The number of nitrogens with zero attached hydrogens (tertiary/aromatic N) is 2. The van der Waals surface area contributed by atoms with Gasteiger partial charge in [0.1, 0.15) is 17.5 Å². The smallest absolute Gasteiger partial charge is 0.132 e. The van der Waals surface area contributed by atoms with Gasteiger partial charge in [0.05, 0.1) is 0 Å². The number of hydrogen-bond acceptors (Lipinski definition) is 5. The molecule has 0 amide bonds. The van der Waals surface area contributed by atoms with Crippen molar-refractivity contribution < 1.29 is 4.74 Å². The monoisotopic (exact) mass is 238 g/mol. The van der Waals surface area contributed by atoms with E-state index in [1.54, 1.807) is 0 Å². The van der Waals surface area contributed by atoms with Crippen LogP contribution >= 0.6 is 0 Å². The lowest BCUT2D eigenvalue weighted by Gasteiger charge is -2.09. The number of hydrogen-bond donors (Lipinski definition) is 2. The van der Waals surface area contributed by atoms with Gasteiger partial charge in [-0.2, -0.15) is 0 Å². The van der Waals surface area contributed by atoms with Crippen molar-refractivity contribution in [3.63, 3.8) is 0 Å². The Morgan fingerprint density at radius 2 is 2.00 bits per heavy atom. The van der Waals surface area contributed by atoms with Gasteiger partial charge in [-0.1, -0.05) is 6.92 Å². The van der Waals surface area contributed by atoms with Gasteiger partial charge in [0, 0.05) is 39.3 Å². The number of aryl methyl sites for hydroxylation is 1. The van der Waals surface area contributed by atoms with Gasteiger partial charge in [-0.15, -0.1) is 0 Å². The summed E-state index contributed by atoms with van der Waals surface area (Å²) in [4.78, 5) is 8.76. The van der Waals surface area contributed by atoms with Crippen molar-refractivity contribution >= 4 is 11.6 Å². The van der Waals surface area contributed by atoms with Crippen molar-refractivity contribution in [2.45, 2.75) is 26.7 Å². The Morgan fingerprint density at radius 1 is 1.24 bits per heavy atom. The van der Waals surface area contributed by atoms with Gasteiger partial charge in [-0.05, 0) is 13.3 Å². The molecular weight excluding hydrogens is 216 g/mol. The maximum Gasteiger partial charge on any atom is 0.132 e. The Kier molecular flexibility index (Phi) is 6.32. The second kappa shape index (κ2) is 7.84. The molecule has 0 atom stereocenters. The van der Waals surface area contributed by atoms with Crippen LogP contribution in [0.25, 0.3) is 0 Å². The van der Waals surface area contributed by atoms with Crippen LogP contribution in [0.5, 0.6) is 0 Å². The van der Waals surface area contributed by atoms with Crippen LogP contribution in [-0.2, 0) is 11.2 Å². The minimum absolute atomic E-state index is 0.775. The van der Waals surface area contributed by atoms with Gasteiger partial charge in [0.25, 0.3) is 0 Å². The third-order valence-electron chi connectivity index (χ3n) is 2.32. The molecule has 5 nitrogen and oxygen atoms in total. The molecule has 5 heteroatoms. The highest BCUT2D eigenvalue weighted by atomic mass is 16.5. The van der Waals surface area contributed by atoms with E-state index in [4.69, 9.17) is 4.74 Å². The highest BCUT2D eigenvalue weighted by Gasteiger charge is 2.01. The molecule has 0 bridgehead atoms. The van der Waals surface area contributed by atoms with E-state index in [-0.39, 0.29) is 0 Å². The molecule has 0 aliphatic heterocycles. The largest absolute Gasteiger partial charge is 0.382 e. The van der Waals surface area contributed by atoms with E-state index in [1.165, 1.54) is 0 Å². The highest BCUT2D eigenvalue weighted by molar-refractivity contribution is 5.47. The zero-order valence-electron chi connectivity index (χ0n) is 10.9. The van der Waals surface area contributed by atoms with Crippen molar-refractivity contribution in [2.75, 3.05) is 37.4 Å². The molecule has 1 aromatic heterocycles. The first kappa shape index (κ1) is 13.7. The zero-order valence-corrected chi connectivity index (χ0v) is 10.9. The summed E-state index contributed by atoms with van der Waals surface area (Å²) in [6.45, 7) is 6.48. The van der Waals surface area contributed by atoms with E-state index in [0.717, 1.165) is 50.1 Å². The predicted molar refractivity (Wildman–Crippen MR) is 70.6 cm³/mol. The number of aromatic nitrogens is 2. The van der Waals surface area contributed by atoms with Crippen LogP contribution in [0.15, 0.2) is 6.07 Å². The summed E-state index contributed by atoms with van der Waals surface area (Å²) < 4.78 is 5.28. The first-order valence-corrected chi connectivity index (χ1v) is 6.17. The lowest BCUT2D eigenvalue weighted by molar-refractivity contribution is 0.147. The van der Waals surface area contributed by atoms with E-state index >= 15 is 0 Å². The van der Waals surface area contributed by atoms with E-state index in [1.807, 2.05) is 27.0 Å². The number of rotatable bonds is 8. The molecule has 1 heterocycles. The van der Waals surface area contributed by atoms with E-state index < -0.39 is 0 Å². The van der Waals surface area contributed by atoms with E-state index in [2.05, 4.69) is 20.6 Å². The summed E-state index contributed by atoms with van der Waals surface area (Å²) in [5.41, 5.74) is 0. The SMILES string of the molecule is CCOCCCNc1cc(NC)nc(CC)n1. The van der Waals surface area contributed by atoms with Crippen molar-refractivity contribution in [1.82, 2.24) is 9.97 Å². The predicted octanol–water partition coefficient (Wildman–Crippen LogP) is 1.92. The first-order chi connectivity index (χ1) is 8.30. The Bertz CT molecular complexity index is 308. The van der Waals surface area contributed by atoms with Crippen molar-refractivity contribution in [2.24, 2.45) is 0 Å². The average molecular weight is 238 g/mol. The average Bonchev–Trinajstić information content (AvgIpc) is 2.38. The quantitative estimate of drug-likeness (QED) is 0.678. The van der Waals surface area contributed by atoms with Gasteiger partial charge in [-0.3, -0.25) is 0 Å². The lowest BCUT2D eigenvalue weighted by Crippen LogP contribution is -2.09. The summed E-state index contributed by atoms with van der Waals surface area (Å²) in [6, 6.07) is 1.92. The number of nitrogens with one attached hydrogen (secondary N) is 2. The third kappa shape index (κ3) is 4.99. The lowest BCUT2D eigenvalue weighted by atomic mass is 10.4. The van der Waals surface area contributed by atoms with Gasteiger partial charge in [0.2, 0.25) is 0 Å². The molecule has 1 aromatic rings. The second-order valence-electron chi connectivity index (χ2n) is 3.64. The molecule has 0 radical (unpaired) electrons. The molecule has 0 spiro atoms. The zero-order chi connectivity index (χ0) is 12.5. The minimum Gasteiger partial charge on any atom is -0.382 e. The Hall–Kier alpha value is -1.36. The summed E-state index contributed by atoms with van der Waals surface area (Å²) in [6.07, 6.45) is 1.82. The summed E-state index contributed by atoms with van der Waals surface area (Å²) in [7, 11) is 1.86. The maximum atomic E-state index is 5.28. The van der Waals surface area contributed by atoms with Crippen molar-refractivity contribution in [3.8, 4) is 0 Å². The Balaban J connectivity index is 2.46. The normalized spacial score (nSPS) is 10.3. The highest BCUT2D eigenvalue weighted by Crippen LogP contribution is 2.11. The molecule has 0 fully saturated rings. The van der Waals surface area contributed by atoms with Crippen molar-refractivity contribution in [1.29, 1.82) is 0 Å².